The van der Waals surface area contributed by atoms with Crippen molar-refractivity contribution in [2.75, 3.05) is 19.8 Å². The number of carboxylic acid groups (broad SMARTS) is 1. The van der Waals surface area contributed by atoms with Gasteiger partial charge in [-0.25, -0.2) is 14.4 Å². The minimum atomic E-state index is -1.50. The van der Waals surface area contributed by atoms with E-state index in [1.807, 2.05) is 0 Å². The van der Waals surface area contributed by atoms with Crippen LogP contribution < -0.4 is 0 Å². The van der Waals surface area contributed by atoms with E-state index in [1.54, 1.807) is 13.8 Å². The first-order valence-corrected chi connectivity index (χ1v) is 8.78. The third-order valence-corrected chi connectivity index (χ3v) is 3.61. The highest BCUT2D eigenvalue weighted by molar-refractivity contribution is 6.14. The number of carbonyl (C=O) groups excluding carboxylic acids is 4. The number of aliphatic carboxylic acids is 1. The average molecular weight is 397 g/mol. The van der Waals surface area contributed by atoms with E-state index in [4.69, 9.17) is 14.2 Å². The number of rotatable bonds is 12. The van der Waals surface area contributed by atoms with Crippen molar-refractivity contribution in [2.45, 2.75) is 39.2 Å². The quantitative estimate of drug-likeness (QED) is 0.0952. The van der Waals surface area contributed by atoms with Crippen molar-refractivity contribution < 1.29 is 43.3 Å². The molecule has 0 fully saturated rings. The fourth-order valence-electron chi connectivity index (χ4n) is 2.23. The number of carbonyl (C=O) groups is 5. The highest BCUT2D eigenvalue weighted by Crippen LogP contribution is 2.12. The zero-order valence-electron chi connectivity index (χ0n) is 15.7. The summed E-state index contributed by atoms with van der Waals surface area (Å²) < 4.78 is 14.6. The molecule has 1 heterocycles. The maximum Gasteiger partial charge on any atom is 0.349 e. The van der Waals surface area contributed by atoms with E-state index in [1.165, 1.54) is 0 Å². The lowest BCUT2D eigenvalue weighted by Gasteiger charge is -2.16. The molecule has 1 N–H and O–H groups in total. The van der Waals surface area contributed by atoms with Gasteiger partial charge in [0.15, 0.2) is 11.7 Å². The van der Waals surface area contributed by atoms with E-state index >= 15 is 0 Å². The molecule has 0 aromatic heterocycles. The van der Waals surface area contributed by atoms with Crippen LogP contribution in [0.25, 0.3) is 0 Å². The Morgan fingerprint density at radius 3 is 2.25 bits per heavy atom. The van der Waals surface area contributed by atoms with Gasteiger partial charge in [-0.05, 0) is 33.1 Å². The third kappa shape index (κ3) is 6.86. The Labute approximate surface area is 161 Å². The van der Waals surface area contributed by atoms with Gasteiger partial charge in [0, 0.05) is 18.7 Å². The second-order valence-corrected chi connectivity index (χ2v) is 5.60. The first-order chi connectivity index (χ1) is 13.3. The van der Waals surface area contributed by atoms with Crippen molar-refractivity contribution in [1.82, 2.24) is 4.90 Å². The molecule has 0 aromatic rings. The second-order valence-electron chi connectivity index (χ2n) is 5.60. The molecular weight excluding hydrogens is 374 g/mol. The smallest absolute Gasteiger partial charge is 0.349 e. The van der Waals surface area contributed by atoms with Crippen LogP contribution in [0.15, 0.2) is 24.0 Å². The van der Waals surface area contributed by atoms with E-state index in [0.29, 0.717) is 6.42 Å². The Bertz CT molecular complexity index is 663. The van der Waals surface area contributed by atoms with Crippen molar-refractivity contribution in [3.05, 3.63) is 24.0 Å². The maximum absolute atomic E-state index is 12.2. The van der Waals surface area contributed by atoms with Crippen molar-refractivity contribution in [2.24, 2.45) is 0 Å². The van der Waals surface area contributed by atoms with Crippen LogP contribution in [-0.4, -0.2) is 65.6 Å². The number of ether oxygens (including phenoxy) is 3. The molecule has 2 amide bonds. The standard InChI is InChI=1S/C18H23NO9/c1-3-26-11-12(17(24)27-4-2)18(25)28-13(16(22)23)7-5-6-10-19-14(20)8-9-15(19)21/h8-9,11,13H,3-7,10H2,1-2H3,(H,22,23). The third-order valence-electron chi connectivity index (χ3n) is 3.61. The van der Waals surface area contributed by atoms with Crippen LogP contribution in [0.3, 0.4) is 0 Å². The molecule has 0 saturated heterocycles. The van der Waals surface area contributed by atoms with Crippen molar-refractivity contribution in [3.8, 4) is 0 Å². The summed E-state index contributed by atoms with van der Waals surface area (Å²) in [5.41, 5.74) is -0.547. The fraction of sp³-hybridized carbons (Fsp3) is 0.500. The number of carboxylic acids is 1. The molecule has 10 nitrogen and oxygen atoms in total. The summed E-state index contributed by atoms with van der Waals surface area (Å²) in [5.74, 6) is -4.39. The highest BCUT2D eigenvalue weighted by Gasteiger charge is 2.29. The first-order valence-electron chi connectivity index (χ1n) is 8.78. The second kappa shape index (κ2) is 11.5. The van der Waals surface area contributed by atoms with Crippen molar-refractivity contribution in [3.63, 3.8) is 0 Å². The summed E-state index contributed by atoms with van der Waals surface area (Å²) in [5, 5.41) is 9.24. The van der Waals surface area contributed by atoms with Crippen molar-refractivity contribution in [1.29, 1.82) is 0 Å². The molecular formula is C18H23NO9. The Hall–Kier alpha value is -3.17. The predicted octanol–water partition coefficient (Wildman–Crippen LogP) is 0.562. The van der Waals surface area contributed by atoms with Gasteiger partial charge < -0.3 is 19.3 Å². The highest BCUT2D eigenvalue weighted by atomic mass is 16.6. The largest absolute Gasteiger partial charge is 0.500 e. The zero-order valence-corrected chi connectivity index (χ0v) is 15.7. The number of imide groups is 1. The Balaban J connectivity index is 2.60. The van der Waals surface area contributed by atoms with Gasteiger partial charge >= 0.3 is 17.9 Å². The summed E-state index contributed by atoms with van der Waals surface area (Å²) in [7, 11) is 0. The number of hydrogen-bond donors (Lipinski definition) is 1. The van der Waals surface area contributed by atoms with Crippen LogP contribution in [-0.2, 0) is 38.2 Å². The molecule has 10 heteroatoms. The predicted molar refractivity (Wildman–Crippen MR) is 93.6 cm³/mol. The van der Waals surface area contributed by atoms with Gasteiger partial charge in [0.2, 0.25) is 0 Å². The van der Waals surface area contributed by atoms with E-state index in [-0.39, 0.29) is 32.6 Å². The number of nitrogens with zero attached hydrogens (tertiary/aromatic N) is 1. The maximum atomic E-state index is 12.2. The Kier molecular flexibility index (Phi) is 9.41. The van der Waals surface area contributed by atoms with E-state index in [2.05, 4.69) is 0 Å². The zero-order chi connectivity index (χ0) is 21.1. The fourth-order valence-corrected chi connectivity index (χ4v) is 2.23. The lowest BCUT2D eigenvalue weighted by Crippen LogP contribution is -2.32. The van der Waals surface area contributed by atoms with Crippen molar-refractivity contribution >= 4 is 29.7 Å². The van der Waals surface area contributed by atoms with Crippen LogP contribution >= 0.6 is 0 Å². The van der Waals surface area contributed by atoms with Gasteiger partial charge in [0.25, 0.3) is 11.8 Å². The molecule has 1 unspecified atom stereocenters. The average Bonchev–Trinajstić information content (AvgIpc) is 2.96. The molecule has 0 aliphatic carbocycles. The van der Waals surface area contributed by atoms with Crippen LogP contribution in [0.2, 0.25) is 0 Å². The number of hydrogen-bond acceptors (Lipinski definition) is 8. The van der Waals surface area contributed by atoms with Crippen LogP contribution in [0.1, 0.15) is 33.1 Å². The number of unbranched alkanes of at least 4 members (excludes halogenated alkanes) is 1. The minimum Gasteiger partial charge on any atom is -0.500 e. The molecule has 0 saturated carbocycles. The van der Waals surface area contributed by atoms with Gasteiger partial charge in [0.1, 0.15) is 6.26 Å². The van der Waals surface area contributed by atoms with Gasteiger partial charge in [-0.15, -0.1) is 0 Å². The molecule has 1 rings (SSSR count). The molecule has 1 aliphatic rings. The normalized spacial score (nSPS) is 14.8. The molecule has 154 valence electrons. The number of amides is 2. The SMILES string of the molecule is CCOC=C(C(=O)OCC)C(=O)OC(CCCCN1C(=O)C=CC1=O)C(=O)O. The monoisotopic (exact) mass is 397 g/mol. The van der Waals surface area contributed by atoms with Crippen LogP contribution in [0.5, 0.6) is 0 Å². The van der Waals surface area contributed by atoms with Gasteiger partial charge in [-0.3, -0.25) is 14.5 Å². The van der Waals surface area contributed by atoms with E-state index in [9.17, 15) is 29.1 Å². The summed E-state index contributed by atoms with van der Waals surface area (Å²) >= 11 is 0. The first kappa shape index (κ1) is 22.9. The van der Waals surface area contributed by atoms with Gasteiger partial charge in [-0.1, -0.05) is 0 Å². The lowest BCUT2D eigenvalue weighted by atomic mass is 10.1. The Morgan fingerprint density at radius 1 is 1.07 bits per heavy atom. The summed E-state index contributed by atoms with van der Waals surface area (Å²) in [4.78, 5) is 59.2. The Morgan fingerprint density at radius 2 is 1.71 bits per heavy atom. The minimum absolute atomic E-state index is 0.0146. The van der Waals surface area contributed by atoms with Gasteiger partial charge in [-0.2, -0.15) is 0 Å². The summed E-state index contributed by atoms with van der Waals surface area (Å²) in [6.45, 7) is 3.51. The topological polar surface area (TPSA) is 137 Å². The van der Waals surface area contributed by atoms with Crippen LogP contribution in [0.4, 0.5) is 0 Å². The molecule has 0 aromatic carbocycles. The lowest BCUT2D eigenvalue weighted by molar-refractivity contribution is -0.163. The summed E-state index contributed by atoms with van der Waals surface area (Å²) in [6.07, 6.45) is 2.23. The van der Waals surface area contributed by atoms with E-state index in [0.717, 1.165) is 23.3 Å². The van der Waals surface area contributed by atoms with Gasteiger partial charge in [0.05, 0.1) is 13.2 Å². The molecule has 28 heavy (non-hydrogen) atoms. The molecule has 1 atom stereocenters. The molecule has 0 spiro atoms. The number of esters is 2. The van der Waals surface area contributed by atoms with Crippen LogP contribution in [0, 0.1) is 0 Å². The summed E-state index contributed by atoms with van der Waals surface area (Å²) in [6, 6.07) is 0. The molecule has 0 radical (unpaired) electrons. The molecule has 0 bridgehead atoms. The van der Waals surface area contributed by atoms with E-state index < -0.39 is 41.4 Å². The molecule has 1 aliphatic heterocycles.